The Morgan fingerprint density at radius 3 is 2.54 bits per heavy atom. The number of rotatable bonds is 3. The van der Waals surface area contributed by atoms with E-state index in [1.165, 1.54) is 11.1 Å². The second-order valence-electron chi connectivity index (χ2n) is 7.51. The Labute approximate surface area is 163 Å². The molecule has 26 heavy (non-hydrogen) atoms. The van der Waals surface area contributed by atoms with Gasteiger partial charge in [-0.1, -0.05) is 65.3 Å². The molecule has 2 saturated heterocycles. The van der Waals surface area contributed by atoms with Gasteiger partial charge in [-0.25, -0.2) is 0 Å². The molecule has 4 atom stereocenters. The highest BCUT2D eigenvalue weighted by molar-refractivity contribution is 9.10. The second kappa shape index (κ2) is 7.53. The number of esters is 1. The lowest BCUT2D eigenvalue weighted by Crippen LogP contribution is -2.57. The minimum absolute atomic E-state index is 0.0498. The van der Waals surface area contributed by atoms with Crippen LogP contribution in [0.2, 0.25) is 0 Å². The zero-order valence-corrected chi connectivity index (χ0v) is 16.6. The lowest BCUT2D eigenvalue weighted by molar-refractivity contribution is -0.174. The molecule has 0 N–H and O–H groups in total. The summed E-state index contributed by atoms with van der Waals surface area (Å²) in [5.74, 6) is 0.474. The highest BCUT2D eigenvalue weighted by Gasteiger charge is 2.45. The maximum Gasteiger partial charge on any atom is 0.323 e. The fraction of sp³-hybridized carbons (Fsp3) is 0.409. The third-order valence-corrected chi connectivity index (χ3v) is 6.21. The van der Waals surface area contributed by atoms with Crippen LogP contribution in [-0.4, -0.2) is 29.6 Å². The van der Waals surface area contributed by atoms with Crippen molar-refractivity contribution in [1.82, 2.24) is 4.90 Å². The summed E-state index contributed by atoms with van der Waals surface area (Å²) in [5.41, 5.74) is 2.51. The third kappa shape index (κ3) is 3.58. The first kappa shape index (κ1) is 17.7. The number of halogens is 1. The number of nitrogens with zero attached hydrogens (tertiary/aromatic N) is 1. The van der Waals surface area contributed by atoms with E-state index >= 15 is 0 Å². The molecule has 0 bridgehead atoms. The van der Waals surface area contributed by atoms with Crippen molar-refractivity contribution in [1.29, 1.82) is 0 Å². The second-order valence-corrected chi connectivity index (χ2v) is 8.43. The highest BCUT2D eigenvalue weighted by atomic mass is 79.9. The van der Waals surface area contributed by atoms with Gasteiger partial charge in [0, 0.05) is 23.5 Å². The highest BCUT2D eigenvalue weighted by Crippen LogP contribution is 2.41. The standard InChI is InChI=1S/C22H24BrNO2/c1-15-7-12-20-22(25)26-19(13-16-5-3-2-4-6-16)14-24(20)21(15)17-8-10-18(23)11-9-17/h2-6,8-11,15,19-21H,7,12-14H2,1H3/t15-,19-,20+,21-/m1/s1. The number of hydrogen-bond acceptors (Lipinski definition) is 3. The number of piperidine rings is 1. The normalized spacial score (nSPS) is 29.1. The summed E-state index contributed by atoms with van der Waals surface area (Å²) in [7, 11) is 0. The molecule has 0 amide bonds. The Morgan fingerprint density at radius 1 is 1.08 bits per heavy atom. The summed E-state index contributed by atoms with van der Waals surface area (Å²) < 4.78 is 6.89. The van der Waals surface area contributed by atoms with Crippen LogP contribution in [0.1, 0.15) is 36.9 Å². The molecule has 0 spiro atoms. The van der Waals surface area contributed by atoms with Crippen LogP contribution in [0.4, 0.5) is 0 Å². The van der Waals surface area contributed by atoms with Gasteiger partial charge in [0.2, 0.25) is 0 Å². The molecule has 2 aliphatic heterocycles. The number of morpholine rings is 1. The number of carbonyl (C=O) groups is 1. The average molecular weight is 414 g/mol. The smallest absolute Gasteiger partial charge is 0.323 e. The van der Waals surface area contributed by atoms with Crippen LogP contribution in [0.5, 0.6) is 0 Å². The molecule has 0 unspecified atom stereocenters. The first-order valence-electron chi connectivity index (χ1n) is 9.37. The van der Waals surface area contributed by atoms with E-state index in [2.05, 4.69) is 64.2 Å². The Morgan fingerprint density at radius 2 is 1.81 bits per heavy atom. The maximum atomic E-state index is 12.7. The van der Waals surface area contributed by atoms with Gasteiger partial charge in [-0.05, 0) is 42.0 Å². The number of cyclic esters (lactones) is 1. The van der Waals surface area contributed by atoms with E-state index in [0.717, 1.165) is 30.3 Å². The maximum absolute atomic E-state index is 12.7. The predicted octanol–water partition coefficient (Wildman–Crippen LogP) is 4.76. The Kier molecular flexibility index (Phi) is 5.14. The van der Waals surface area contributed by atoms with Gasteiger partial charge in [-0.3, -0.25) is 9.69 Å². The van der Waals surface area contributed by atoms with Crippen molar-refractivity contribution in [2.24, 2.45) is 5.92 Å². The number of hydrogen-bond donors (Lipinski definition) is 0. The molecule has 3 nitrogen and oxygen atoms in total. The van der Waals surface area contributed by atoms with Crippen molar-refractivity contribution in [3.8, 4) is 0 Å². The number of benzene rings is 2. The summed E-state index contributed by atoms with van der Waals surface area (Å²) >= 11 is 3.52. The summed E-state index contributed by atoms with van der Waals surface area (Å²) in [6.45, 7) is 3.10. The van der Waals surface area contributed by atoms with Crippen LogP contribution >= 0.6 is 15.9 Å². The molecule has 0 aliphatic carbocycles. The van der Waals surface area contributed by atoms with Gasteiger partial charge in [-0.15, -0.1) is 0 Å². The van der Waals surface area contributed by atoms with Crippen LogP contribution in [0.3, 0.4) is 0 Å². The Bertz CT molecular complexity index is 761. The third-order valence-electron chi connectivity index (χ3n) is 5.68. The minimum Gasteiger partial charge on any atom is -0.459 e. The first-order valence-corrected chi connectivity index (χ1v) is 10.2. The van der Waals surface area contributed by atoms with E-state index in [1.54, 1.807) is 0 Å². The largest absolute Gasteiger partial charge is 0.459 e. The Hall–Kier alpha value is -1.65. The summed E-state index contributed by atoms with van der Waals surface area (Å²) in [6, 6.07) is 19.0. The van der Waals surface area contributed by atoms with Gasteiger partial charge in [-0.2, -0.15) is 0 Å². The van der Waals surface area contributed by atoms with Crippen molar-refractivity contribution >= 4 is 21.9 Å². The number of carbonyl (C=O) groups excluding carboxylic acids is 1. The zero-order valence-electron chi connectivity index (χ0n) is 15.0. The van der Waals surface area contributed by atoms with Gasteiger partial charge in [0.05, 0.1) is 0 Å². The molecule has 0 saturated carbocycles. The molecule has 2 fully saturated rings. The lowest BCUT2D eigenvalue weighted by atomic mass is 9.81. The van der Waals surface area contributed by atoms with Crippen LogP contribution in [0.25, 0.3) is 0 Å². The molecule has 2 aromatic carbocycles. The predicted molar refractivity (Wildman–Crippen MR) is 106 cm³/mol. The molecule has 0 radical (unpaired) electrons. The van der Waals surface area contributed by atoms with Gasteiger partial charge in [0.1, 0.15) is 12.1 Å². The summed E-state index contributed by atoms with van der Waals surface area (Å²) in [5, 5.41) is 0. The molecule has 2 aliphatic rings. The molecule has 2 aromatic rings. The van der Waals surface area contributed by atoms with E-state index in [0.29, 0.717) is 5.92 Å². The molecular weight excluding hydrogens is 390 g/mol. The number of fused-ring (bicyclic) bond motifs is 1. The Balaban J connectivity index is 1.59. The van der Waals surface area contributed by atoms with E-state index in [9.17, 15) is 4.79 Å². The SMILES string of the molecule is C[C@@H]1CC[C@H]2C(=O)O[C@H](Cc3ccccc3)CN2[C@H]1c1ccc(Br)cc1. The van der Waals surface area contributed by atoms with E-state index in [1.807, 2.05) is 18.2 Å². The fourth-order valence-corrected chi connectivity index (χ4v) is 4.70. The average Bonchev–Trinajstić information content (AvgIpc) is 2.63. The van der Waals surface area contributed by atoms with Crippen molar-refractivity contribution in [2.75, 3.05) is 6.54 Å². The number of ether oxygens (including phenoxy) is 1. The van der Waals surface area contributed by atoms with Crippen LogP contribution in [0, 0.1) is 5.92 Å². The van der Waals surface area contributed by atoms with Crippen LogP contribution in [-0.2, 0) is 16.0 Å². The topological polar surface area (TPSA) is 29.5 Å². The van der Waals surface area contributed by atoms with Crippen LogP contribution in [0.15, 0.2) is 59.1 Å². The van der Waals surface area contributed by atoms with Crippen molar-refractivity contribution in [2.45, 2.75) is 44.4 Å². The van der Waals surface area contributed by atoms with Gasteiger partial charge >= 0.3 is 5.97 Å². The molecule has 4 heteroatoms. The quantitative estimate of drug-likeness (QED) is 0.679. The van der Waals surface area contributed by atoms with Crippen molar-refractivity contribution < 1.29 is 9.53 Å². The fourth-order valence-electron chi connectivity index (χ4n) is 4.44. The van der Waals surface area contributed by atoms with Gasteiger partial charge in [0.15, 0.2) is 0 Å². The van der Waals surface area contributed by atoms with E-state index in [4.69, 9.17) is 4.74 Å². The van der Waals surface area contributed by atoms with E-state index < -0.39 is 0 Å². The molecule has 2 heterocycles. The molecular formula is C22H24BrNO2. The minimum atomic E-state index is -0.105. The van der Waals surface area contributed by atoms with Gasteiger partial charge < -0.3 is 4.74 Å². The summed E-state index contributed by atoms with van der Waals surface area (Å²) in [6.07, 6.45) is 2.65. The monoisotopic (exact) mass is 413 g/mol. The first-order chi connectivity index (χ1) is 12.6. The molecule has 136 valence electrons. The lowest BCUT2D eigenvalue weighted by Gasteiger charge is -2.48. The van der Waals surface area contributed by atoms with Crippen molar-refractivity contribution in [3.63, 3.8) is 0 Å². The van der Waals surface area contributed by atoms with Crippen LogP contribution < -0.4 is 0 Å². The summed E-state index contributed by atoms with van der Waals surface area (Å²) in [4.78, 5) is 15.1. The zero-order chi connectivity index (χ0) is 18.1. The molecule has 0 aromatic heterocycles. The van der Waals surface area contributed by atoms with E-state index in [-0.39, 0.29) is 24.2 Å². The molecule has 4 rings (SSSR count). The van der Waals surface area contributed by atoms with Crippen molar-refractivity contribution in [3.05, 3.63) is 70.2 Å². The van der Waals surface area contributed by atoms with Gasteiger partial charge in [0.25, 0.3) is 0 Å².